The van der Waals surface area contributed by atoms with Gasteiger partial charge >= 0.3 is 5.97 Å². The number of methoxy groups -OCH3 is 1. The summed E-state index contributed by atoms with van der Waals surface area (Å²) in [7, 11) is 1.36. The van der Waals surface area contributed by atoms with E-state index in [0.29, 0.717) is 0 Å². The normalized spacial score (nSPS) is 14.8. The van der Waals surface area contributed by atoms with Crippen LogP contribution in [0.15, 0.2) is 16.9 Å². The minimum Gasteiger partial charge on any atom is -0.480 e. The van der Waals surface area contributed by atoms with Crippen LogP contribution in [0.3, 0.4) is 0 Å². The van der Waals surface area contributed by atoms with Gasteiger partial charge in [-0.15, -0.1) is 24.8 Å². The smallest absolute Gasteiger partial charge is 0.326 e. The fraction of sp³-hybridized carbons (Fsp3) is 0.636. The molecule has 0 saturated heterocycles. The average Bonchev–Trinajstić information content (AvgIpc) is 2.26. The van der Waals surface area contributed by atoms with Crippen LogP contribution < -0.4 is 11.5 Å². The molecule has 0 aromatic heterocycles. The van der Waals surface area contributed by atoms with E-state index < -0.39 is 17.3 Å². The van der Waals surface area contributed by atoms with Gasteiger partial charge in [0.2, 0.25) is 0 Å². The van der Waals surface area contributed by atoms with Crippen molar-refractivity contribution in [2.24, 2.45) is 16.5 Å². The predicted molar refractivity (Wildman–Crippen MR) is 81.5 cm³/mol. The number of amidine groups is 1. The highest BCUT2D eigenvalue weighted by atomic mass is 35.5. The molecule has 0 unspecified atom stereocenters. The van der Waals surface area contributed by atoms with Crippen molar-refractivity contribution in [2.45, 2.75) is 25.3 Å². The van der Waals surface area contributed by atoms with Crippen molar-refractivity contribution < 1.29 is 19.0 Å². The zero-order valence-corrected chi connectivity index (χ0v) is 13.1. The zero-order valence-electron chi connectivity index (χ0n) is 11.5. The predicted octanol–water partition coefficient (Wildman–Crippen LogP) is 1.27. The van der Waals surface area contributed by atoms with Gasteiger partial charge in [-0.1, -0.05) is 6.08 Å². The molecule has 6 nitrogen and oxygen atoms in total. The maximum atomic E-state index is 13.2. The quantitative estimate of drug-likeness (QED) is 0.457. The first-order valence-corrected chi connectivity index (χ1v) is 5.44. The van der Waals surface area contributed by atoms with Crippen molar-refractivity contribution in [3.05, 3.63) is 11.9 Å². The first kappa shape index (κ1) is 24.1. The van der Waals surface area contributed by atoms with Gasteiger partial charge in [0.15, 0.2) is 0 Å². The van der Waals surface area contributed by atoms with Gasteiger partial charge in [-0.05, 0) is 19.8 Å². The molecule has 20 heavy (non-hydrogen) atoms. The number of nitrogens with two attached hydrogens (primary N) is 2. The van der Waals surface area contributed by atoms with Gasteiger partial charge in [0.25, 0.3) is 0 Å². The molecule has 0 saturated carbocycles. The molecule has 9 heteroatoms. The second-order valence-corrected chi connectivity index (χ2v) is 4.04. The standard InChI is InChI=1S/C11H20FN3O3.2ClH/c1-8(13)15-6-9(12)4-3-5-11(14,7-18-2)10(16)17;;/h4H,3,5-7,14H2,1-2H3,(H2,13,15)(H,16,17);2*1H/b9-4+;;/t11-;;/m1../s1. The Bertz CT molecular complexity index is 350. The van der Waals surface area contributed by atoms with Crippen LogP contribution in [-0.2, 0) is 9.53 Å². The molecule has 0 aliphatic rings. The van der Waals surface area contributed by atoms with E-state index in [-0.39, 0.29) is 56.6 Å². The first-order valence-electron chi connectivity index (χ1n) is 5.44. The van der Waals surface area contributed by atoms with E-state index in [1.807, 2.05) is 0 Å². The molecule has 120 valence electrons. The fourth-order valence-corrected chi connectivity index (χ4v) is 1.25. The highest BCUT2D eigenvalue weighted by molar-refractivity contribution is 5.85. The number of allylic oxidation sites excluding steroid dienone is 1. The number of nitrogens with zero attached hydrogens (tertiary/aromatic N) is 1. The molecule has 0 bridgehead atoms. The van der Waals surface area contributed by atoms with Crippen molar-refractivity contribution in [3.8, 4) is 0 Å². The Hall–Kier alpha value is -0.890. The van der Waals surface area contributed by atoms with E-state index in [0.717, 1.165) is 0 Å². The van der Waals surface area contributed by atoms with E-state index in [9.17, 15) is 9.18 Å². The summed E-state index contributed by atoms with van der Waals surface area (Å²) in [6.45, 7) is 1.29. The highest BCUT2D eigenvalue weighted by Gasteiger charge is 2.33. The van der Waals surface area contributed by atoms with Gasteiger partial charge in [-0.3, -0.25) is 9.79 Å². The summed E-state index contributed by atoms with van der Waals surface area (Å²) in [5.74, 6) is -1.35. The molecule has 1 atom stereocenters. The molecular formula is C11H22Cl2FN3O3. The maximum Gasteiger partial charge on any atom is 0.326 e. The number of carbonyl (C=O) groups is 1. The highest BCUT2D eigenvalue weighted by Crippen LogP contribution is 2.13. The number of ether oxygens (including phenoxy) is 1. The Morgan fingerprint density at radius 2 is 2.05 bits per heavy atom. The van der Waals surface area contributed by atoms with Crippen molar-refractivity contribution in [1.29, 1.82) is 0 Å². The molecule has 0 radical (unpaired) electrons. The van der Waals surface area contributed by atoms with E-state index in [2.05, 4.69) is 4.99 Å². The summed E-state index contributed by atoms with van der Waals surface area (Å²) in [5.41, 5.74) is 9.39. The molecule has 0 aromatic carbocycles. The van der Waals surface area contributed by atoms with E-state index in [4.69, 9.17) is 21.3 Å². The van der Waals surface area contributed by atoms with Crippen LogP contribution >= 0.6 is 24.8 Å². The lowest BCUT2D eigenvalue weighted by atomic mass is 9.95. The summed E-state index contributed by atoms with van der Waals surface area (Å²) >= 11 is 0. The molecule has 5 N–H and O–H groups in total. The number of carboxylic acid groups (broad SMARTS) is 1. The summed E-state index contributed by atoms with van der Waals surface area (Å²) in [4.78, 5) is 14.6. The lowest BCUT2D eigenvalue weighted by Gasteiger charge is -2.22. The third kappa shape index (κ3) is 9.96. The first-order chi connectivity index (χ1) is 8.31. The second-order valence-electron chi connectivity index (χ2n) is 4.04. The van der Waals surface area contributed by atoms with Crippen LogP contribution in [0.5, 0.6) is 0 Å². The van der Waals surface area contributed by atoms with Gasteiger partial charge in [-0.2, -0.15) is 0 Å². The van der Waals surface area contributed by atoms with E-state index >= 15 is 0 Å². The lowest BCUT2D eigenvalue weighted by Crippen LogP contribution is -2.51. The Morgan fingerprint density at radius 1 is 1.50 bits per heavy atom. The van der Waals surface area contributed by atoms with Gasteiger partial charge in [0.05, 0.1) is 19.0 Å². The molecule has 0 aromatic rings. The van der Waals surface area contributed by atoms with Gasteiger partial charge in [0.1, 0.15) is 11.4 Å². The molecule has 0 heterocycles. The number of halogens is 3. The number of aliphatic carboxylic acids is 1. The molecule has 0 spiro atoms. The average molecular weight is 334 g/mol. The van der Waals surface area contributed by atoms with Crippen LogP contribution in [0.25, 0.3) is 0 Å². The SMILES string of the molecule is COC[C@](N)(CC/C=C(/F)CN=C(C)N)C(=O)O.Cl.Cl. The largest absolute Gasteiger partial charge is 0.480 e. The molecule has 0 fully saturated rings. The summed E-state index contributed by atoms with van der Waals surface area (Å²) in [6.07, 6.45) is 1.53. The van der Waals surface area contributed by atoms with Crippen molar-refractivity contribution in [2.75, 3.05) is 20.3 Å². The second kappa shape index (κ2) is 11.9. The van der Waals surface area contributed by atoms with Crippen LogP contribution in [0, 0.1) is 0 Å². The number of rotatable bonds is 8. The van der Waals surface area contributed by atoms with Gasteiger partial charge in [-0.25, -0.2) is 4.39 Å². The van der Waals surface area contributed by atoms with Crippen molar-refractivity contribution in [1.82, 2.24) is 0 Å². The number of hydrogen-bond acceptors (Lipinski definition) is 4. The minimum absolute atomic E-state index is 0. The summed E-state index contributed by atoms with van der Waals surface area (Å²) in [5, 5.41) is 8.95. The van der Waals surface area contributed by atoms with Crippen LogP contribution in [0.2, 0.25) is 0 Å². The summed E-state index contributed by atoms with van der Waals surface area (Å²) in [6, 6.07) is 0. The molecular weight excluding hydrogens is 312 g/mol. The molecule has 0 rings (SSSR count). The number of hydrogen-bond donors (Lipinski definition) is 3. The Kier molecular flexibility index (Phi) is 14.4. The topological polar surface area (TPSA) is 111 Å². The van der Waals surface area contributed by atoms with E-state index in [1.54, 1.807) is 6.92 Å². The molecule has 0 aliphatic heterocycles. The number of aliphatic imine (C=N–C) groups is 1. The Morgan fingerprint density at radius 3 is 2.45 bits per heavy atom. The van der Waals surface area contributed by atoms with Crippen LogP contribution in [0.4, 0.5) is 4.39 Å². The van der Waals surface area contributed by atoms with Crippen LogP contribution in [-0.4, -0.2) is 42.7 Å². The molecule has 0 amide bonds. The lowest BCUT2D eigenvalue weighted by molar-refractivity contribution is -0.145. The fourth-order valence-electron chi connectivity index (χ4n) is 1.25. The van der Waals surface area contributed by atoms with Crippen molar-refractivity contribution >= 4 is 36.6 Å². The Balaban J connectivity index is -0.00000144. The third-order valence-corrected chi connectivity index (χ3v) is 2.26. The Labute approximate surface area is 130 Å². The van der Waals surface area contributed by atoms with E-state index in [1.165, 1.54) is 13.2 Å². The van der Waals surface area contributed by atoms with Crippen LogP contribution in [0.1, 0.15) is 19.8 Å². The third-order valence-electron chi connectivity index (χ3n) is 2.26. The maximum absolute atomic E-state index is 13.2. The summed E-state index contributed by atoms with van der Waals surface area (Å²) < 4.78 is 18.0. The number of carboxylic acids is 1. The minimum atomic E-state index is -1.50. The van der Waals surface area contributed by atoms with Crippen molar-refractivity contribution in [3.63, 3.8) is 0 Å². The molecule has 0 aliphatic carbocycles. The zero-order chi connectivity index (χ0) is 14.2. The van der Waals surface area contributed by atoms with Gasteiger partial charge in [0, 0.05) is 7.11 Å². The monoisotopic (exact) mass is 333 g/mol. The van der Waals surface area contributed by atoms with Gasteiger partial charge < -0.3 is 21.3 Å².